The molecule has 0 bridgehead atoms. The number of carbonyl (C=O) groups is 1. The standard InChI is InChI=1S/C17H21F3N2O2/c1-11-8-15(11)16(23)21-9-12-6-7-22(10-12)13-2-4-14(5-3-13)24-17(18,19)20/h2-5,11-12,15H,6-10H2,1H3,(H,21,23)/t11-,12-,15+/m1/s1. The second-order valence-corrected chi connectivity index (χ2v) is 6.71. The van der Waals surface area contributed by atoms with Crippen molar-refractivity contribution < 1.29 is 22.7 Å². The Kier molecular flexibility index (Phi) is 4.60. The van der Waals surface area contributed by atoms with Gasteiger partial charge in [-0.15, -0.1) is 13.2 Å². The van der Waals surface area contributed by atoms with Crippen LogP contribution in [-0.2, 0) is 4.79 Å². The van der Waals surface area contributed by atoms with Gasteiger partial charge in [-0.3, -0.25) is 4.79 Å². The monoisotopic (exact) mass is 342 g/mol. The van der Waals surface area contributed by atoms with Gasteiger partial charge < -0.3 is 15.0 Å². The van der Waals surface area contributed by atoms with Crippen molar-refractivity contribution >= 4 is 11.6 Å². The second-order valence-electron chi connectivity index (χ2n) is 6.71. The van der Waals surface area contributed by atoms with E-state index in [4.69, 9.17) is 0 Å². The van der Waals surface area contributed by atoms with Crippen LogP contribution >= 0.6 is 0 Å². The average Bonchev–Trinajstić information content (AvgIpc) is 3.06. The van der Waals surface area contributed by atoms with E-state index in [2.05, 4.69) is 21.9 Å². The fourth-order valence-corrected chi connectivity index (χ4v) is 3.16. The number of anilines is 1. The Morgan fingerprint density at radius 3 is 2.58 bits per heavy atom. The lowest BCUT2D eigenvalue weighted by Crippen LogP contribution is -2.32. The van der Waals surface area contributed by atoms with E-state index in [1.54, 1.807) is 12.1 Å². The maximum Gasteiger partial charge on any atom is 0.573 e. The summed E-state index contributed by atoms with van der Waals surface area (Å²) >= 11 is 0. The molecule has 3 rings (SSSR count). The molecule has 1 N–H and O–H groups in total. The highest BCUT2D eigenvalue weighted by Gasteiger charge is 2.39. The predicted octanol–water partition coefficient (Wildman–Crippen LogP) is 3.18. The number of amides is 1. The van der Waals surface area contributed by atoms with Gasteiger partial charge in [0.05, 0.1) is 0 Å². The summed E-state index contributed by atoms with van der Waals surface area (Å²) in [6.07, 6.45) is -2.73. The van der Waals surface area contributed by atoms with Crippen LogP contribution in [-0.4, -0.2) is 31.9 Å². The molecule has 1 aliphatic heterocycles. The minimum absolute atomic E-state index is 0.148. The smallest absolute Gasteiger partial charge is 0.406 e. The molecule has 1 saturated heterocycles. The SMILES string of the molecule is C[C@@H]1C[C@@H]1C(=O)NC[C@H]1CCN(c2ccc(OC(F)(F)F)cc2)C1. The van der Waals surface area contributed by atoms with Gasteiger partial charge in [-0.05, 0) is 48.9 Å². The first-order chi connectivity index (χ1) is 11.3. The molecule has 1 aromatic carbocycles. The van der Waals surface area contributed by atoms with Crippen molar-refractivity contribution in [2.24, 2.45) is 17.8 Å². The number of carbonyl (C=O) groups excluding carboxylic acids is 1. The topological polar surface area (TPSA) is 41.6 Å². The van der Waals surface area contributed by atoms with Gasteiger partial charge in [-0.25, -0.2) is 0 Å². The van der Waals surface area contributed by atoms with Crippen molar-refractivity contribution in [2.45, 2.75) is 26.1 Å². The molecule has 1 heterocycles. The van der Waals surface area contributed by atoms with Crippen LogP contribution in [0.3, 0.4) is 0 Å². The molecule has 2 fully saturated rings. The zero-order chi connectivity index (χ0) is 17.3. The number of halogens is 3. The van der Waals surface area contributed by atoms with Crippen molar-refractivity contribution in [2.75, 3.05) is 24.5 Å². The largest absolute Gasteiger partial charge is 0.573 e. The van der Waals surface area contributed by atoms with Crippen molar-refractivity contribution in [3.05, 3.63) is 24.3 Å². The van der Waals surface area contributed by atoms with Gasteiger partial charge in [0.15, 0.2) is 0 Å². The van der Waals surface area contributed by atoms with E-state index in [1.807, 2.05) is 0 Å². The number of ether oxygens (including phenoxy) is 1. The lowest BCUT2D eigenvalue weighted by molar-refractivity contribution is -0.274. The van der Waals surface area contributed by atoms with Crippen molar-refractivity contribution in [1.82, 2.24) is 5.32 Å². The van der Waals surface area contributed by atoms with Gasteiger partial charge in [0.1, 0.15) is 5.75 Å². The Hall–Kier alpha value is -1.92. The van der Waals surface area contributed by atoms with Gasteiger partial charge in [-0.1, -0.05) is 6.92 Å². The minimum atomic E-state index is -4.67. The van der Waals surface area contributed by atoms with Gasteiger partial charge in [-0.2, -0.15) is 0 Å². The molecule has 0 radical (unpaired) electrons. The van der Waals surface area contributed by atoms with Gasteiger partial charge >= 0.3 is 6.36 Å². The molecule has 1 aliphatic carbocycles. The molecular formula is C17H21F3N2O2. The van der Waals surface area contributed by atoms with Gasteiger partial charge in [0.2, 0.25) is 5.91 Å². The third-order valence-corrected chi connectivity index (χ3v) is 4.73. The summed E-state index contributed by atoms with van der Waals surface area (Å²) in [6, 6.07) is 5.92. The number of nitrogens with one attached hydrogen (secondary N) is 1. The van der Waals surface area contributed by atoms with Crippen LogP contribution in [0.4, 0.5) is 18.9 Å². The van der Waals surface area contributed by atoms with Gasteiger partial charge in [0.25, 0.3) is 0 Å². The molecule has 1 aromatic rings. The van der Waals surface area contributed by atoms with E-state index in [-0.39, 0.29) is 17.6 Å². The van der Waals surface area contributed by atoms with Crippen molar-refractivity contribution in [3.63, 3.8) is 0 Å². The van der Waals surface area contributed by atoms with Crippen LogP contribution in [0.1, 0.15) is 19.8 Å². The third-order valence-electron chi connectivity index (χ3n) is 4.73. The summed E-state index contributed by atoms with van der Waals surface area (Å²) in [5.41, 5.74) is 0.870. The summed E-state index contributed by atoms with van der Waals surface area (Å²) in [5.74, 6) is 0.989. The van der Waals surface area contributed by atoms with E-state index < -0.39 is 6.36 Å². The Bertz CT molecular complexity index is 588. The minimum Gasteiger partial charge on any atom is -0.406 e. The zero-order valence-electron chi connectivity index (χ0n) is 13.5. The van der Waals surface area contributed by atoms with E-state index in [1.165, 1.54) is 12.1 Å². The summed E-state index contributed by atoms with van der Waals surface area (Å²) in [4.78, 5) is 14.0. The number of rotatable bonds is 5. The molecule has 1 saturated carbocycles. The Labute approximate surface area is 139 Å². The highest BCUT2D eigenvalue weighted by molar-refractivity contribution is 5.81. The number of nitrogens with zero attached hydrogens (tertiary/aromatic N) is 1. The number of benzene rings is 1. The zero-order valence-corrected chi connectivity index (χ0v) is 13.5. The van der Waals surface area contributed by atoms with Crippen LogP contribution in [0.2, 0.25) is 0 Å². The molecule has 3 atom stereocenters. The first-order valence-electron chi connectivity index (χ1n) is 8.20. The molecule has 132 valence electrons. The maximum absolute atomic E-state index is 12.2. The van der Waals surface area contributed by atoms with Gasteiger partial charge in [0, 0.05) is 31.2 Å². The van der Waals surface area contributed by atoms with Crippen LogP contribution in [0.5, 0.6) is 5.75 Å². The predicted molar refractivity (Wildman–Crippen MR) is 83.7 cm³/mol. The molecule has 0 spiro atoms. The normalized spacial score (nSPS) is 26.3. The van der Waals surface area contributed by atoms with Crippen molar-refractivity contribution in [3.8, 4) is 5.75 Å². The molecule has 24 heavy (non-hydrogen) atoms. The first kappa shape index (κ1) is 16.9. The van der Waals surface area contributed by atoms with Crippen LogP contribution in [0.15, 0.2) is 24.3 Å². The first-order valence-corrected chi connectivity index (χ1v) is 8.20. The molecule has 7 heteroatoms. The summed E-state index contributed by atoms with van der Waals surface area (Å²) in [6.45, 7) is 4.36. The summed E-state index contributed by atoms with van der Waals surface area (Å²) < 4.78 is 40.4. The molecule has 0 unspecified atom stereocenters. The van der Waals surface area contributed by atoms with Crippen LogP contribution in [0, 0.1) is 17.8 Å². The van der Waals surface area contributed by atoms with E-state index in [0.29, 0.717) is 18.4 Å². The summed E-state index contributed by atoms with van der Waals surface area (Å²) in [7, 11) is 0. The summed E-state index contributed by atoms with van der Waals surface area (Å²) in [5, 5.41) is 3.01. The molecule has 4 nitrogen and oxygen atoms in total. The number of alkyl halides is 3. The molecule has 1 amide bonds. The van der Waals surface area contributed by atoms with E-state index >= 15 is 0 Å². The van der Waals surface area contributed by atoms with Crippen LogP contribution < -0.4 is 15.0 Å². The average molecular weight is 342 g/mol. The quantitative estimate of drug-likeness (QED) is 0.894. The Balaban J connectivity index is 1.47. The highest BCUT2D eigenvalue weighted by atomic mass is 19.4. The Morgan fingerprint density at radius 1 is 1.33 bits per heavy atom. The van der Waals surface area contributed by atoms with Crippen LogP contribution in [0.25, 0.3) is 0 Å². The molecular weight excluding hydrogens is 321 g/mol. The Morgan fingerprint density at radius 2 is 2.00 bits per heavy atom. The maximum atomic E-state index is 12.2. The third kappa shape index (κ3) is 4.33. The highest BCUT2D eigenvalue weighted by Crippen LogP contribution is 2.37. The van der Waals surface area contributed by atoms with Crippen molar-refractivity contribution in [1.29, 1.82) is 0 Å². The van der Waals surface area contributed by atoms with E-state index in [0.717, 1.165) is 31.6 Å². The fraction of sp³-hybridized carbons (Fsp3) is 0.588. The van der Waals surface area contributed by atoms with E-state index in [9.17, 15) is 18.0 Å². The number of hydrogen-bond acceptors (Lipinski definition) is 3. The number of hydrogen-bond donors (Lipinski definition) is 1. The fourth-order valence-electron chi connectivity index (χ4n) is 3.16. The lowest BCUT2D eigenvalue weighted by Gasteiger charge is -2.19. The molecule has 0 aromatic heterocycles. The lowest BCUT2D eigenvalue weighted by atomic mass is 10.1. The molecule has 2 aliphatic rings. The second kappa shape index (κ2) is 6.53.